The molecule has 0 atom stereocenters. The lowest BCUT2D eigenvalue weighted by molar-refractivity contribution is -0.138. The van der Waals surface area contributed by atoms with Crippen LogP contribution in [0.5, 0.6) is 0 Å². The van der Waals surface area contributed by atoms with Crippen LogP contribution in [-0.4, -0.2) is 57.4 Å². The number of pyridine rings is 1. The molecule has 8 nitrogen and oxygen atoms in total. The van der Waals surface area contributed by atoms with Crippen molar-refractivity contribution in [1.29, 1.82) is 0 Å². The van der Waals surface area contributed by atoms with Crippen molar-refractivity contribution in [3.8, 4) is 11.1 Å². The number of hydrogen-bond donors (Lipinski definition) is 2. The topological polar surface area (TPSA) is 107 Å². The number of anilines is 1. The first-order chi connectivity index (χ1) is 15.9. The number of amides is 2. The van der Waals surface area contributed by atoms with Gasteiger partial charge in [-0.05, 0) is 36.1 Å². The third-order valence-corrected chi connectivity index (χ3v) is 6.32. The number of aryl methyl sites for hydroxylation is 1. The van der Waals surface area contributed by atoms with E-state index in [0.717, 1.165) is 39.8 Å². The number of aliphatic carboxylic acids is 1. The van der Waals surface area contributed by atoms with E-state index in [2.05, 4.69) is 16.9 Å². The molecule has 33 heavy (non-hydrogen) atoms. The van der Waals surface area contributed by atoms with Gasteiger partial charge in [0.1, 0.15) is 12.2 Å². The number of carboxylic acids is 1. The van der Waals surface area contributed by atoms with E-state index in [1.54, 1.807) is 11.1 Å². The van der Waals surface area contributed by atoms with Gasteiger partial charge in [0, 0.05) is 55.0 Å². The fraction of sp³-hybridized carbons (Fsp3) is 0.333. The van der Waals surface area contributed by atoms with Gasteiger partial charge in [-0.25, -0.2) is 4.98 Å². The minimum absolute atomic E-state index is 0.0202. The maximum atomic E-state index is 12.8. The molecule has 1 aliphatic rings. The molecule has 0 saturated carbocycles. The Morgan fingerprint density at radius 1 is 1.24 bits per heavy atom. The summed E-state index contributed by atoms with van der Waals surface area (Å²) in [4.78, 5) is 46.6. The summed E-state index contributed by atoms with van der Waals surface area (Å²) >= 11 is 6.76. The molecule has 1 saturated heterocycles. The second-order valence-electron chi connectivity index (χ2n) is 8.04. The Kier molecular flexibility index (Phi) is 6.65. The van der Waals surface area contributed by atoms with Gasteiger partial charge in [-0.3, -0.25) is 14.4 Å². The van der Waals surface area contributed by atoms with Crippen LogP contribution >= 0.6 is 11.6 Å². The first-order valence-electron chi connectivity index (χ1n) is 10.9. The number of aromatic amines is 1. The van der Waals surface area contributed by atoms with Crippen molar-refractivity contribution >= 4 is 46.1 Å². The van der Waals surface area contributed by atoms with E-state index in [0.29, 0.717) is 18.1 Å². The standard InChI is InChI=1S/C24H25ClN4O4/c1-2-15-12-26-24-22(15)23(25)18(13-27-24)16-5-3-6-17(11-16)29-10-9-28(14-20(29)31)19(30)7-4-8-21(32)33/h3,5-6,11-13H,2,4,7-10,14H2,1H3,(H,26,27)(H,32,33). The van der Waals surface area contributed by atoms with Crippen LogP contribution < -0.4 is 4.90 Å². The molecular weight excluding hydrogens is 444 g/mol. The lowest BCUT2D eigenvalue weighted by Crippen LogP contribution is -2.52. The van der Waals surface area contributed by atoms with Gasteiger partial charge in [-0.1, -0.05) is 30.7 Å². The first-order valence-corrected chi connectivity index (χ1v) is 11.3. The van der Waals surface area contributed by atoms with Gasteiger partial charge >= 0.3 is 5.97 Å². The summed E-state index contributed by atoms with van der Waals surface area (Å²) in [5, 5.41) is 10.3. The van der Waals surface area contributed by atoms with Crippen LogP contribution in [0.3, 0.4) is 0 Å². The van der Waals surface area contributed by atoms with Crippen molar-refractivity contribution in [3.63, 3.8) is 0 Å². The molecule has 0 bridgehead atoms. The third-order valence-electron chi connectivity index (χ3n) is 5.92. The van der Waals surface area contributed by atoms with Crippen LogP contribution in [0.1, 0.15) is 31.7 Å². The Hall–Kier alpha value is -3.39. The fourth-order valence-electron chi connectivity index (χ4n) is 4.15. The van der Waals surface area contributed by atoms with Crippen molar-refractivity contribution in [1.82, 2.24) is 14.9 Å². The molecule has 2 aromatic heterocycles. The lowest BCUT2D eigenvalue weighted by atomic mass is 10.0. The van der Waals surface area contributed by atoms with Crippen LogP contribution in [0.2, 0.25) is 5.02 Å². The highest BCUT2D eigenvalue weighted by molar-refractivity contribution is 6.38. The van der Waals surface area contributed by atoms with Gasteiger partial charge < -0.3 is 19.9 Å². The molecule has 0 aliphatic carbocycles. The van der Waals surface area contributed by atoms with Crippen LogP contribution in [-0.2, 0) is 20.8 Å². The summed E-state index contributed by atoms with van der Waals surface area (Å²) in [6.45, 7) is 2.82. The van der Waals surface area contributed by atoms with Crippen LogP contribution in [0.25, 0.3) is 22.2 Å². The van der Waals surface area contributed by atoms with Crippen LogP contribution in [0.4, 0.5) is 5.69 Å². The summed E-state index contributed by atoms with van der Waals surface area (Å²) in [6, 6.07) is 7.58. The van der Waals surface area contributed by atoms with Crippen molar-refractivity contribution in [2.45, 2.75) is 32.6 Å². The summed E-state index contributed by atoms with van der Waals surface area (Å²) in [5.74, 6) is -1.30. The van der Waals surface area contributed by atoms with E-state index in [1.807, 2.05) is 30.5 Å². The monoisotopic (exact) mass is 468 g/mol. The van der Waals surface area contributed by atoms with Crippen molar-refractivity contribution < 1.29 is 19.5 Å². The minimum atomic E-state index is -0.930. The van der Waals surface area contributed by atoms with E-state index >= 15 is 0 Å². The zero-order chi connectivity index (χ0) is 23.5. The number of nitrogens with zero attached hydrogens (tertiary/aromatic N) is 3. The van der Waals surface area contributed by atoms with E-state index in [9.17, 15) is 14.4 Å². The molecule has 0 spiro atoms. The molecule has 1 aromatic carbocycles. The number of H-pyrrole nitrogens is 1. The molecule has 0 unspecified atom stereocenters. The zero-order valence-corrected chi connectivity index (χ0v) is 19.1. The summed E-state index contributed by atoms with van der Waals surface area (Å²) in [7, 11) is 0. The maximum Gasteiger partial charge on any atom is 0.303 e. The highest BCUT2D eigenvalue weighted by Crippen LogP contribution is 2.36. The zero-order valence-electron chi connectivity index (χ0n) is 18.3. The Morgan fingerprint density at radius 3 is 2.79 bits per heavy atom. The smallest absolute Gasteiger partial charge is 0.303 e. The molecule has 9 heteroatoms. The average molecular weight is 469 g/mol. The van der Waals surface area contributed by atoms with Gasteiger partial charge in [0.15, 0.2) is 0 Å². The number of piperazine rings is 1. The van der Waals surface area contributed by atoms with Crippen LogP contribution in [0.15, 0.2) is 36.7 Å². The first kappa shape index (κ1) is 22.8. The molecule has 3 aromatic rings. The predicted octanol–water partition coefficient (Wildman–Crippen LogP) is 3.88. The number of carbonyl (C=O) groups is 3. The van der Waals surface area contributed by atoms with Crippen LogP contribution in [0, 0.1) is 0 Å². The average Bonchev–Trinajstić information content (AvgIpc) is 3.23. The number of hydrogen-bond acceptors (Lipinski definition) is 4. The molecule has 2 N–H and O–H groups in total. The number of nitrogens with one attached hydrogen (secondary N) is 1. The predicted molar refractivity (Wildman–Crippen MR) is 126 cm³/mol. The molecule has 172 valence electrons. The number of aromatic nitrogens is 2. The third kappa shape index (κ3) is 4.71. The second-order valence-corrected chi connectivity index (χ2v) is 8.41. The van der Waals surface area contributed by atoms with E-state index in [-0.39, 0.29) is 37.6 Å². The number of halogens is 1. The number of benzene rings is 1. The highest BCUT2D eigenvalue weighted by Gasteiger charge is 2.28. The number of carboxylic acid groups (broad SMARTS) is 1. The summed E-state index contributed by atoms with van der Waals surface area (Å²) in [6.07, 6.45) is 4.82. The summed E-state index contributed by atoms with van der Waals surface area (Å²) in [5.41, 5.74) is 4.22. The Bertz CT molecular complexity index is 1220. The fourth-order valence-corrected chi connectivity index (χ4v) is 4.52. The Morgan fingerprint density at radius 2 is 2.06 bits per heavy atom. The van der Waals surface area contributed by atoms with Gasteiger partial charge in [-0.15, -0.1) is 0 Å². The molecule has 1 aliphatic heterocycles. The molecule has 1 fully saturated rings. The number of fused-ring (bicyclic) bond motifs is 1. The van der Waals surface area contributed by atoms with Gasteiger partial charge in [0.2, 0.25) is 11.8 Å². The Labute approximate surface area is 196 Å². The van der Waals surface area contributed by atoms with Gasteiger partial charge in [0.25, 0.3) is 0 Å². The number of rotatable bonds is 7. The van der Waals surface area contributed by atoms with E-state index in [4.69, 9.17) is 16.7 Å². The lowest BCUT2D eigenvalue weighted by Gasteiger charge is -2.34. The minimum Gasteiger partial charge on any atom is -0.481 e. The molecule has 3 heterocycles. The second kappa shape index (κ2) is 9.62. The SMILES string of the molecule is CCc1c[nH]c2ncc(-c3cccc(N4CCN(C(=O)CCCC(=O)O)CC4=O)c3)c(Cl)c12. The quantitative estimate of drug-likeness (QED) is 0.547. The van der Waals surface area contributed by atoms with Crippen molar-refractivity contribution in [2.24, 2.45) is 0 Å². The largest absolute Gasteiger partial charge is 0.481 e. The molecular formula is C24H25ClN4O4. The Balaban J connectivity index is 1.52. The van der Waals surface area contributed by atoms with Crippen molar-refractivity contribution in [2.75, 3.05) is 24.5 Å². The van der Waals surface area contributed by atoms with Crippen molar-refractivity contribution in [3.05, 3.63) is 47.2 Å². The highest BCUT2D eigenvalue weighted by atomic mass is 35.5. The molecule has 2 amide bonds. The number of carbonyl (C=O) groups excluding carboxylic acids is 2. The molecule has 0 radical (unpaired) electrons. The molecule has 4 rings (SSSR count). The van der Waals surface area contributed by atoms with Gasteiger partial charge in [0.05, 0.1) is 5.02 Å². The summed E-state index contributed by atoms with van der Waals surface area (Å²) < 4.78 is 0. The normalized spacial score (nSPS) is 14.2. The van der Waals surface area contributed by atoms with Gasteiger partial charge in [-0.2, -0.15) is 0 Å². The van der Waals surface area contributed by atoms with E-state index in [1.165, 1.54) is 4.90 Å². The van der Waals surface area contributed by atoms with E-state index < -0.39 is 5.97 Å². The maximum absolute atomic E-state index is 12.8.